The minimum atomic E-state index is -0.337. The number of carbonyl (C=O) groups excluding carboxylic acids is 2. The van der Waals surface area contributed by atoms with Crippen LogP contribution in [0.2, 0.25) is 0 Å². The monoisotopic (exact) mass is 372 g/mol. The zero-order valence-electron chi connectivity index (χ0n) is 16.3. The van der Waals surface area contributed by atoms with Gasteiger partial charge in [-0.25, -0.2) is 4.79 Å². The van der Waals surface area contributed by atoms with Crippen molar-refractivity contribution in [1.29, 1.82) is 0 Å². The summed E-state index contributed by atoms with van der Waals surface area (Å²) in [4.78, 5) is 24.1. The summed E-state index contributed by atoms with van der Waals surface area (Å²) in [6, 6.07) is 1.87. The topological polar surface area (TPSA) is 65.7 Å². The van der Waals surface area contributed by atoms with Crippen LogP contribution in [0.15, 0.2) is 34.7 Å². The first-order valence-corrected chi connectivity index (χ1v) is 9.94. The molecule has 146 valence electrons. The van der Waals surface area contributed by atoms with E-state index >= 15 is 0 Å². The van der Waals surface area contributed by atoms with Gasteiger partial charge in [0.2, 0.25) is 0 Å². The largest absolute Gasteiger partial charge is 0.472 e. The fourth-order valence-electron chi connectivity index (χ4n) is 5.92. The Morgan fingerprint density at radius 2 is 2.22 bits per heavy atom. The third-order valence-corrected chi connectivity index (χ3v) is 7.48. The standard InChI is InChI=1S/C22H28O5/c1-14-7-9-22-13-26-20(24)17(22)5-4-6-19(22)21(14,3)11-18(27-15(2)23)16-8-10-25-12-16/h5,8,10,12,14,18-19H,4,6-7,9,11,13H2,1-3H3/t14-,18-,19?,21+,22?/m1/s1. The molecular formula is C22H28O5. The molecule has 1 aromatic heterocycles. The Morgan fingerprint density at radius 1 is 1.41 bits per heavy atom. The predicted molar refractivity (Wildman–Crippen MR) is 98.5 cm³/mol. The molecule has 1 spiro atoms. The average molecular weight is 372 g/mol. The number of carbonyl (C=O) groups is 2. The van der Waals surface area contributed by atoms with Gasteiger partial charge >= 0.3 is 11.9 Å². The van der Waals surface area contributed by atoms with Crippen molar-refractivity contribution >= 4 is 11.9 Å². The Labute approximate surface area is 160 Å². The van der Waals surface area contributed by atoms with Crippen molar-refractivity contribution in [3.8, 4) is 0 Å². The van der Waals surface area contributed by atoms with Gasteiger partial charge in [-0.3, -0.25) is 4.79 Å². The molecule has 2 unspecified atom stereocenters. The van der Waals surface area contributed by atoms with Crippen molar-refractivity contribution in [1.82, 2.24) is 0 Å². The lowest BCUT2D eigenvalue weighted by Gasteiger charge is -2.57. The number of cyclic esters (lactones) is 1. The summed E-state index contributed by atoms with van der Waals surface area (Å²) in [5, 5.41) is 0. The van der Waals surface area contributed by atoms with E-state index in [1.165, 1.54) is 6.92 Å². The molecule has 4 rings (SSSR count). The normalized spacial score (nSPS) is 36.3. The number of ether oxygens (including phenoxy) is 2. The number of esters is 2. The van der Waals surface area contributed by atoms with E-state index in [1.807, 2.05) is 6.07 Å². The molecule has 0 bridgehead atoms. The maximum absolute atomic E-state index is 12.3. The molecule has 2 fully saturated rings. The van der Waals surface area contributed by atoms with Gasteiger partial charge in [-0.15, -0.1) is 0 Å². The van der Waals surface area contributed by atoms with Crippen LogP contribution in [0, 0.1) is 22.7 Å². The van der Waals surface area contributed by atoms with E-state index in [0.29, 0.717) is 18.4 Å². The van der Waals surface area contributed by atoms with Crippen molar-refractivity contribution in [2.24, 2.45) is 22.7 Å². The van der Waals surface area contributed by atoms with Gasteiger partial charge in [-0.1, -0.05) is 19.9 Å². The second kappa shape index (κ2) is 6.54. The number of furan rings is 1. The summed E-state index contributed by atoms with van der Waals surface area (Å²) in [7, 11) is 0. The molecule has 1 saturated carbocycles. The number of hydrogen-bond donors (Lipinski definition) is 0. The Hall–Kier alpha value is -2.04. The lowest BCUT2D eigenvalue weighted by molar-refractivity contribution is -0.153. The van der Waals surface area contributed by atoms with E-state index < -0.39 is 0 Å². The quantitative estimate of drug-likeness (QED) is 0.723. The molecule has 2 heterocycles. The van der Waals surface area contributed by atoms with Gasteiger partial charge in [0.25, 0.3) is 0 Å². The molecule has 1 aromatic rings. The maximum Gasteiger partial charge on any atom is 0.334 e. The van der Waals surface area contributed by atoms with Gasteiger partial charge in [-0.05, 0) is 55.4 Å². The zero-order valence-corrected chi connectivity index (χ0v) is 16.3. The molecule has 0 aromatic carbocycles. The van der Waals surface area contributed by atoms with Gasteiger partial charge in [-0.2, -0.15) is 0 Å². The molecule has 2 aliphatic carbocycles. The van der Waals surface area contributed by atoms with E-state index in [9.17, 15) is 9.59 Å². The molecule has 27 heavy (non-hydrogen) atoms. The Kier molecular flexibility index (Phi) is 4.44. The average Bonchev–Trinajstić information content (AvgIpc) is 3.27. The highest BCUT2D eigenvalue weighted by Crippen LogP contribution is 2.64. The first-order chi connectivity index (χ1) is 12.9. The minimum Gasteiger partial charge on any atom is -0.472 e. The van der Waals surface area contributed by atoms with Gasteiger partial charge < -0.3 is 13.9 Å². The summed E-state index contributed by atoms with van der Waals surface area (Å²) >= 11 is 0. The lowest BCUT2D eigenvalue weighted by atomic mass is 9.46. The summed E-state index contributed by atoms with van der Waals surface area (Å²) < 4.78 is 16.5. The third-order valence-electron chi connectivity index (χ3n) is 7.48. The summed E-state index contributed by atoms with van der Waals surface area (Å²) in [6.07, 6.45) is 9.75. The van der Waals surface area contributed by atoms with Crippen LogP contribution in [-0.4, -0.2) is 18.5 Å². The molecule has 0 radical (unpaired) electrons. The second-order valence-corrected chi connectivity index (χ2v) is 8.78. The SMILES string of the molecule is CC(=O)O[C@H](C[C@]1(C)C2CCC=C3C(=O)OCC32CC[C@H]1C)c1ccoc1. The molecule has 5 atom stereocenters. The van der Waals surface area contributed by atoms with Crippen LogP contribution in [0.5, 0.6) is 0 Å². The molecule has 0 amide bonds. The van der Waals surface area contributed by atoms with Crippen LogP contribution in [0.1, 0.15) is 64.5 Å². The number of hydrogen-bond acceptors (Lipinski definition) is 5. The smallest absolute Gasteiger partial charge is 0.334 e. The Balaban J connectivity index is 1.70. The van der Waals surface area contributed by atoms with Crippen molar-refractivity contribution < 1.29 is 23.5 Å². The maximum atomic E-state index is 12.3. The second-order valence-electron chi connectivity index (χ2n) is 8.78. The van der Waals surface area contributed by atoms with Gasteiger partial charge in [0.05, 0.1) is 12.5 Å². The molecule has 1 aliphatic heterocycles. The van der Waals surface area contributed by atoms with Crippen LogP contribution < -0.4 is 0 Å². The van der Waals surface area contributed by atoms with Gasteiger partial charge in [0, 0.05) is 23.5 Å². The highest BCUT2D eigenvalue weighted by Gasteiger charge is 2.61. The predicted octanol–water partition coefficient (Wildman–Crippen LogP) is 4.59. The van der Waals surface area contributed by atoms with Crippen LogP contribution in [0.4, 0.5) is 0 Å². The fourth-order valence-corrected chi connectivity index (χ4v) is 5.92. The number of rotatable bonds is 4. The van der Waals surface area contributed by atoms with E-state index in [2.05, 4.69) is 19.9 Å². The van der Waals surface area contributed by atoms with Crippen molar-refractivity contribution in [3.63, 3.8) is 0 Å². The summed E-state index contributed by atoms with van der Waals surface area (Å²) in [5.74, 6) is 0.382. The summed E-state index contributed by atoms with van der Waals surface area (Å²) in [6.45, 7) is 6.55. The Bertz CT molecular complexity index is 764. The lowest BCUT2D eigenvalue weighted by Crippen LogP contribution is -2.52. The van der Waals surface area contributed by atoms with E-state index in [0.717, 1.165) is 43.2 Å². The number of allylic oxidation sites excluding steroid dienone is 1. The Morgan fingerprint density at radius 3 is 2.93 bits per heavy atom. The van der Waals surface area contributed by atoms with E-state index in [4.69, 9.17) is 13.9 Å². The molecule has 5 heteroatoms. The fraction of sp³-hybridized carbons (Fsp3) is 0.636. The van der Waals surface area contributed by atoms with Crippen LogP contribution in [-0.2, 0) is 19.1 Å². The first kappa shape index (κ1) is 18.3. The highest BCUT2D eigenvalue weighted by atomic mass is 16.5. The first-order valence-electron chi connectivity index (χ1n) is 9.94. The highest BCUT2D eigenvalue weighted by molar-refractivity contribution is 5.92. The van der Waals surface area contributed by atoms with Gasteiger partial charge in [0.1, 0.15) is 12.7 Å². The zero-order chi connectivity index (χ0) is 19.2. The molecule has 5 nitrogen and oxygen atoms in total. The molecule has 1 saturated heterocycles. The van der Waals surface area contributed by atoms with Gasteiger partial charge in [0.15, 0.2) is 0 Å². The van der Waals surface area contributed by atoms with Crippen LogP contribution in [0.25, 0.3) is 0 Å². The van der Waals surface area contributed by atoms with Crippen molar-refractivity contribution in [3.05, 3.63) is 35.8 Å². The minimum absolute atomic E-state index is 0.0663. The molecular weight excluding hydrogens is 344 g/mol. The third kappa shape index (κ3) is 2.82. The van der Waals surface area contributed by atoms with Crippen molar-refractivity contribution in [2.75, 3.05) is 6.61 Å². The van der Waals surface area contributed by atoms with E-state index in [-0.39, 0.29) is 28.9 Å². The van der Waals surface area contributed by atoms with Crippen LogP contribution in [0.3, 0.4) is 0 Å². The van der Waals surface area contributed by atoms with Crippen LogP contribution >= 0.6 is 0 Å². The molecule has 0 N–H and O–H groups in total. The summed E-state index contributed by atoms with van der Waals surface area (Å²) in [5.41, 5.74) is 1.55. The van der Waals surface area contributed by atoms with E-state index in [1.54, 1.807) is 12.5 Å². The molecule has 3 aliphatic rings. The van der Waals surface area contributed by atoms with Crippen molar-refractivity contribution in [2.45, 2.75) is 59.0 Å².